The zero-order valence-corrected chi connectivity index (χ0v) is 3.45. The number of rotatable bonds is 2. The monoisotopic (exact) mass is 85.0 g/mol. The molecule has 0 bridgehead atoms. The summed E-state index contributed by atoms with van der Waals surface area (Å²) in [5.74, 6) is 0. The molecule has 0 aliphatic rings. The average Bonchev–Trinajstić information content (AvgIpc) is 1.35. The van der Waals surface area contributed by atoms with Crippen LogP contribution in [0.5, 0.6) is 0 Å². The lowest BCUT2D eigenvalue weighted by molar-refractivity contribution is 0.893. The fourth-order valence-electron chi connectivity index (χ4n) is 0.0325. The zero-order valence-electron chi connectivity index (χ0n) is 3.56. The third-order valence-electron chi connectivity index (χ3n) is 0.142. The highest BCUT2D eigenvalue weighted by Crippen LogP contribution is 1.90. The molecule has 0 fully saturated rings. The first-order valence-electron chi connectivity index (χ1n) is 1.52. The normalized spacial score (nSPS) is 16.6. The Hall–Kier alpha value is 0.555. The Labute approximate surface area is 36.8 Å². The van der Waals surface area contributed by atoms with E-state index in [1.165, 1.54) is 0 Å². The molecule has 0 aromatic carbocycles. The van der Waals surface area contributed by atoms with Crippen LogP contribution in [0, 0.1) is 0 Å². The summed E-state index contributed by atoms with van der Waals surface area (Å²) >= 11 is 0. The molecule has 0 spiro atoms. The Bertz CT molecular complexity index is 32.0. The van der Waals surface area contributed by atoms with Crippen LogP contribution < -0.4 is 0 Å². The molecule has 5 heavy (non-hydrogen) atoms. The summed E-state index contributed by atoms with van der Waals surface area (Å²) in [6, 6.07) is 0. The van der Waals surface area contributed by atoms with Crippen LogP contribution in [0.3, 0.4) is 0 Å². The average molecular weight is 84.4 g/mol. The summed E-state index contributed by atoms with van der Waals surface area (Å²) in [6.45, 7) is 1.01. The van der Waals surface area contributed by atoms with Gasteiger partial charge in [-0.3, -0.25) is 8.28 Å². The van der Waals surface area contributed by atoms with Crippen LogP contribution in [0.25, 0.3) is 0 Å². The van der Waals surface area contributed by atoms with E-state index in [0.29, 0.717) is 7.45 Å². The fraction of sp³-hybridized carbons (Fsp3) is 0. The van der Waals surface area contributed by atoms with E-state index in [9.17, 15) is 4.32 Å². The predicted molar refractivity (Wildman–Crippen MR) is 26.7 cm³/mol. The summed E-state index contributed by atoms with van der Waals surface area (Å²) in [7, 11) is 3.69. The van der Waals surface area contributed by atoms with Gasteiger partial charge in [0, 0.05) is 1.28 Å². The van der Waals surface area contributed by atoms with E-state index in [1.807, 2.05) is 0 Å². The van der Waals surface area contributed by atoms with E-state index >= 15 is 0 Å². The molecule has 1 unspecified atom stereocenters. The zero-order chi connectivity index (χ0) is 4.99. The fourth-order valence-corrected chi connectivity index (χ4v) is 0.0976. The van der Waals surface area contributed by atoms with Crippen LogP contribution in [0.4, 0.5) is 4.32 Å². The van der Waals surface area contributed by atoms with Gasteiger partial charge in [0.05, 0.1) is 7.57 Å². The molecule has 0 aliphatic carbocycles. The lowest BCUT2D eigenvalue weighted by atomic mass is 9.73. The van der Waals surface area contributed by atoms with Crippen molar-refractivity contribution in [3.05, 3.63) is 0 Å². The lowest BCUT2D eigenvalue weighted by Gasteiger charge is -1.93. The van der Waals surface area contributed by atoms with Crippen molar-refractivity contribution in [2.45, 2.75) is 0 Å². The number of halogens is 1. The van der Waals surface area contributed by atoms with Crippen LogP contribution in [0.2, 0.25) is 0 Å². The maximum Gasteiger partial charge on any atom is 0.0871 e. The summed E-state index contributed by atoms with van der Waals surface area (Å²) in [6.07, 6.45) is 0. The standard InChI is InChI=1S/B3FHP/c1-5-3-2-4/h5H/q-1/i5D. The Balaban J connectivity index is 2.63. The van der Waals surface area contributed by atoms with Crippen molar-refractivity contribution in [2.75, 3.05) is 0 Å². The molecule has 0 saturated carbocycles. The van der Waals surface area contributed by atoms with E-state index in [-0.39, 0.29) is 0 Å². The van der Waals surface area contributed by atoms with Crippen LogP contribution in [-0.4, -0.2) is 23.2 Å². The van der Waals surface area contributed by atoms with Gasteiger partial charge in [0.25, 0.3) is 0 Å². The molecule has 23 valence electrons. The van der Waals surface area contributed by atoms with Crippen molar-refractivity contribution in [3.63, 3.8) is 0 Å². The van der Waals surface area contributed by atoms with Crippen molar-refractivity contribution in [1.29, 1.82) is 1.28 Å². The van der Waals surface area contributed by atoms with Gasteiger partial charge >= 0.3 is 0 Å². The second-order valence-corrected chi connectivity index (χ2v) is 1.02. The molecule has 5 heteroatoms. The first kappa shape index (κ1) is 3.73. The second kappa shape index (κ2) is 4.55. The molecule has 5 radical (unpaired) electrons. The largest absolute Gasteiger partial charge is 0.608 e. The Morgan fingerprint density at radius 3 is 3.00 bits per heavy atom. The molecule has 0 rings (SSSR count). The van der Waals surface area contributed by atoms with E-state index < -0.39 is 8.28 Å². The van der Waals surface area contributed by atoms with Gasteiger partial charge in [-0.25, -0.2) is 0 Å². The highest BCUT2D eigenvalue weighted by Gasteiger charge is 1.57. The van der Waals surface area contributed by atoms with Gasteiger partial charge in [0.15, 0.2) is 0 Å². The molecule has 0 saturated heterocycles. The van der Waals surface area contributed by atoms with Gasteiger partial charge in [-0.1, -0.05) is 0 Å². The van der Waals surface area contributed by atoms with Crippen LogP contribution in [0.1, 0.15) is 0 Å². The van der Waals surface area contributed by atoms with Crippen LogP contribution in [-0.2, 0) is 0 Å². The third kappa shape index (κ3) is 4.55. The maximum atomic E-state index is 10.9. The van der Waals surface area contributed by atoms with Crippen molar-refractivity contribution < 1.29 is 4.32 Å². The molecular formula is HB3FP-. The van der Waals surface area contributed by atoms with Gasteiger partial charge < -0.3 is 4.32 Å². The summed E-state index contributed by atoms with van der Waals surface area (Å²) in [5, 5.41) is 0. The van der Waals surface area contributed by atoms with E-state index in [1.54, 1.807) is 0 Å². The van der Waals surface area contributed by atoms with E-state index in [0.717, 1.165) is 6.89 Å². The first-order valence-corrected chi connectivity index (χ1v) is 2.10. The van der Waals surface area contributed by atoms with Gasteiger partial charge in [-0.2, -0.15) is 0 Å². The van der Waals surface area contributed by atoms with Gasteiger partial charge in [0.1, 0.15) is 0 Å². The predicted octanol–water partition coefficient (Wildman–Crippen LogP) is -0.129. The molecule has 0 aliphatic heterocycles. The Kier molecular flexibility index (Phi) is 3.40. The molecule has 0 N–H and O–H groups in total. The van der Waals surface area contributed by atoms with E-state index in [4.69, 9.17) is 8.84 Å². The molecular weight excluding hydrogens is 82.4 g/mol. The smallest absolute Gasteiger partial charge is 0.0871 e. The van der Waals surface area contributed by atoms with Gasteiger partial charge in [-0.15, -0.1) is 14.3 Å². The summed E-state index contributed by atoms with van der Waals surface area (Å²) in [4.78, 5) is 0. The molecule has 0 nitrogen and oxygen atoms in total. The highest BCUT2D eigenvalue weighted by molar-refractivity contribution is 7.96. The quantitative estimate of drug-likeness (QED) is 0.323. The summed E-state index contributed by atoms with van der Waals surface area (Å²) in [5.41, 5.74) is 0. The molecule has 1 atom stereocenters. The first-order chi connectivity index (χ1) is 2.77. The number of hydrogen-bond donors (Lipinski definition) is 0. The van der Waals surface area contributed by atoms with Crippen molar-refractivity contribution in [3.8, 4) is 0 Å². The minimum absolute atomic E-state index is 0.290. The van der Waals surface area contributed by atoms with Crippen molar-refractivity contribution in [2.24, 2.45) is 0 Å². The highest BCUT2D eigenvalue weighted by atomic mass is 31.1. The molecule has 0 heterocycles. The van der Waals surface area contributed by atoms with Gasteiger partial charge in [0.2, 0.25) is 0 Å². The minimum Gasteiger partial charge on any atom is -0.608 e. The SMILES string of the molecule is [2H]P([B])[B][B-]F. The topological polar surface area (TPSA) is 0 Å². The summed E-state index contributed by atoms with van der Waals surface area (Å²) < 4.78 is 17.4. The van der Waals surface area contributed by atoms with Crippen LogP contribution >= 0.6 is 8.28 Å². The Morgan fingerprint density at radius 1 is 2.40 bits per heavy atom. The van der Waals surface area contributed by atoms with E-state index in [2.05, 4.69) is 0 Å². The van der Waals surface area contributed by atoms with Crippen molar-refractivity contribution in [1.82, 2.24) is 0 Å². The maximum absolute atomic E-state index is 10.9. The molecule has 0 aromatic rings. The number of hydrogen-bond acceptors (Lipinski definition) is 0. The lowest BCUT2D eigenvalue weighted by Crippen LogP contribution is -1.85. The second-order valence-electron chi connectivity index (χ2n) is 0.424. The van der Waals surface area contributed by atoms with Gasteiger partial charge in [-0.05, 0) is 0 Å². The van der Waals surface area contributed by atoms with Crippen molar-refractivity contribution >= 4 is 30.2 Å². The Morgan fingerprint density at radius 2 is 3.00 bits per heavy atom. The van der Waals surface area contributed by atoms with Crippen LogP contribution in [0.15, 0.2) is 0 Å². The minimum atomic E-state index is -1.41. The molecule has 0 aromatic heterocycles. The molecule has 0 amide bonds. The third-order valence-corrected chi connectivity index (χ3v) is 0.427.